The predicted molar refractivity (Wildman–Crippen MR) is 86.9 cm³/mol. The molecule has 0 aliphatic rings. The molecule has 0 aliphatic heterocycles. The molecule has 6 nitrogen and oxygen atoms in total. The molecule has 1 aromatic carbocycles. The molecule has 0 fully saturated rings. The molecule has 0 saturated carbocycles. The molecule has 0 saturated heterocycles. The summed E-state index contributed by atoms with van der Waals surface area (Å²) in [6.07, 6.45) is 5.27. The van der Waals surface area contributed by atoms with E-state index in [1.165, 1.54) is 0 Å². The van der Waals surface area contributed by atoms with Crippen LogP contribution in [0.3, 0.4) is 0 Å². The molecule has 0 spiro atoms. The Hall–Kier alpha value is -2.86. The van der Waals surface area contributed by atoms with Crippen LogP contribution in [-0.4, -0.2) is 38.0 Å². The molecule has 2 aromatic heterocycles. The standard InChI is InChI=1S/C17H18N4O2/c1-13(12-22)19-16(23)15-11-18-21(14-7-3-2-4-8-14)17(15)20-9-5-6-10-20/h2-11,13,22H,12H2,1H3,(H,19,23)/t13-/m1/s1. The third kappa shape index (κ3) is 3.02. The zero-order valence-corrected chi connectivity index (χ0v) is 12.8. The highest BCUT2D eigenvalue weighted by Gasteiger charge is 2.20. The molecule has 3 aromatic rings. The molecule has 2 N–H and O–H groups in total. The number of aromatic nitrogens is 3. The third-order valence-electron chi connectivity index (χ3n) is 3.49. The van der Waals surface area contributed by atoms with Crippen molar-refractivity contribution in [3.63, 3.8) is 0 Å². The fraction of sp³-hybridized carbons (Fsp3) is 0.176. The Labute approximate surface area is 134 Å². The summed E-state index contributed by atoms with van der Waals surface area (Å²) in [5, 5.41) is 16.3. The number of benzene rings is 1. The van der Waals surface area contributed by atoms with E-state index in [-0.39, 0.29) is 18.6 Å². The average Bonchev–Trinajstić information content (AvgIpc) is 3.24. The van der Waals surface area contributed by atoms with E-state index >= 15 is 0 Å². The number of hydrogen-bond acceptors (Lipinski definition) is 3. The number of carbonyl (C=O) groups is 1. The van der Waals surface area contributed by atoms with Crippen LogP contribution >= 0.6 is 0 Å². The largest absolute Gasteiger partial charge is 0.394 e. The van der Waals surface area contributed by atoms with Crippen LogP contribution < -0.4 is 5.32 Å². The Bertz CT molecular complexity index is 778. The van der Waals surface area contributed by atoms with Gasteiger partial charge in [-0.2, -0.15) is 5.10 Å². The average molecular weight is 310 g/mol. The minimum Gasteiger partial charge on any atom is -0.394 e. The summed E-state index contributed by atoms with van der Waals surface area (Å²) in [6.45, 7) is 1.63. The number of hydrogen-bond donors (Lipinski definition) is 2. The highest BCUT2D eigenvalue weighted by molar-refractivity contribution is 5.97. The number of para-hydroxylation sites is 1. The molecule has 0 aliphatic carbocycles. The first-order valence-electron chi connectivity index (χ1n) is 7.39. The van der Waals surface area contributed by atoms with E-state index in [1.54, 1.807) is 17.8 Å². The summed E-state index contributed by atoms with van der Waals surface area (Å²) in [6, 6.07) is 13.1. The quantitative estimate of drug-likeness (QED) is 0.754. The number of rotatable bonds is 5. The predicted octanol–water partition coefficient (Wildman–Crippen LogP) is 1.77. The second-order valence-corrected chi connectivity index (χ2v) is 5.28. The van der Waals surface area contributed by atoms with Crippen LogP contribution in [0.2, 0.25) is 0 Å². The van der Waals surface area contributed by atoms with Gasteiger partial charge in [0.2, 0.25) is 0 Å². The minimum atomic E-state index is -0.319. The number of carbonyl (C=O) groups excluding carboxylic acids is 1. The van der Waals surface area contributed by atoms with Crippen molar-refractivity contribution in [2.75, 3.05) is 6.61 Å². The summed E-state index contributed by atoms with van der Waals surface area (Å²) >= 11 is 0. The lowest BCUT2D eigenvalue weighted by molar-refractivity contribution is 0.0922. The molecular weight excluding hydrogens is 292 g/mol. The van der Waals surface area contributed by atoms with Gasteiger partial charge in [-0.05, 0) is 31.2 Å². The van der Waals surface area contributed by atoms with Crippen molar-refractivity contribution in [2.24, 2.45) is 0 Å². The molecule has 6 heteroatoms. The van der Waals surface area contributed by atoms with Crippen LogP contribution in [0.4, 0.5) is 0 Å². The fourth-order valence-corrected chi connectivity index (χ4v) is 2.33. The van der Waals surface area contributed by atoms with Gasteiger partial charge in [0, 0.05) is 18.4 Å². The smallest absolute Gasteiger partial charge is 0.257 e. The molecule has 1 atom stereocenters. The van der Waals surface area contributed by atoms with E-state index in [9.17, 15) is 4.79 Å². The normalized spacial score (nSPS) is 12.1. The Balaban J connectivity index is 2.08. The highest BCUT2D eigenvalue weighted by atomic mass is 16.3. The lowest BCUT2D eigenvalue weighted by Gasteiger charge is -2.13. The molecule has 1 amide bonds. The SMILES string of the molecule is C[C@H](CO)NC(=O)c1cnn(-c2ccccc2)c1-n1cccc1. The summed E-state index contributed by atoms with van der Waals surface area (Å²) in [5.41, 5.74) is 1.32. The summed E-state index contributed by atoms with van der Waals surface area (Å²) in [5.74, 6) is 0.390. The number of aliphatic hydroxyl groups is 1. The van der Waals surface area contributed by atoms with Gasteiger partial charge < -0.3 is 15.0 Å². The number of nitrogens with zero attached hydrogens (tertiary/aromatic N) is 3. The van der Waals surface area contributed by atoms with Crippen molar-refractivity contribution in [1.82, 2.24) is 19.7 Å². The lowest BCUT2D eigenvalue weighted by Crippen LogP contribution is -2.35. The van der Waals surface area contributed by atoms with Gasteiger partial charge in [0.25, 0.3) is 5.91 Å². The van der Waals surface area contributed by atoms with E-state index < -0.39 is 0 Å². The van der Waals surface area contributed by atoms with Gasteiger partial charge >= 0.3 is 0 Å². The monoisotopic (exact) mass is 310 g/mol. The first-order chi connectivity index (χ1) is 11.2. The molecule has 118 valence electrons. The molecule has 0 unspecified atom stereocenters. The first kappa shape index (κ1) is 15.1. The summed E-state index contributed by atoms with van der Waals surface area (Å²) in [4.78, 5) is 12.5. The molecule has 3 rings (SSSR count). The van der Waals surface area contributed by atoms with Crippen LogP contribution in [0.25, 0.3) is 11.5 Å². The molecular formula is C17H18N4O2. The van der Waals surface area contributed by atoms with Crippen molar-refractivity contribution in [3.8, 4) is 11.5 Å². The Morgan fingerprint density at radius 1 is 1.22 bits per heavy atom. The molecule has 0 bridgehead atoms. The van der Waals surface area contributed by atoms with E-state index in [2.05, 4.69) is 10.4 Å². The van der Waals surface area contributed by atoms with Crippen LogP contribution in [0.15, 0.2) is 61.1 Å². The number of aliphatic hydroxyl groups excluding tert-OH is 1. The topological polar surface area (TPSA) is 72.1 Å². The van der Waals surface area contributed by atoms with E-state index in [1.807, 2.05) is 59.4 Å². The van der Waals surface area contributed by atoms with Crippen molar-refractivity contribution in [1.29, 1.82) is 0 Å². The molecule has 23 heavy (non-hydrogen) atoms. The first-order valence-corrected chi connectivity index (χ1v) is 7.39. The second-order valence-electron chi connectivity index (χ2n) is 5.28. The number of amides is 1. The molecule has 2 heterocycles. The van der Waals surface area contributed by atoms with Crippen molar-refractivity contribution >= 4 is 5.91 Å². The maximum atomic E-state index is 12.5. The van der Waals surface area contributed by atoms with Gasteiger partial charge in [-0.15, -0.1) is 0 Å². The third-order valence-corrected chi connectivity index (χ3v) is 3.49. The maximum absolute atomic E-state index is 12.5. The van der Waals surface area contributed by atoms with Gasteiger partial charge in [0.05, 0.1) is 18.5 Å². The van der Waals surface area contributed by atoms with Crippen LogP contribution in [0, 0.1) is 0 Å². The van der Waals surface area contributed by atoms with Crippen molar-refractivity contribution in [2.45, 2.75) is 13.0 Å². The second kappa shape index (κ2) is 6.50. The zero-order chi connectivity index (χ0) is 16.2. The van der Waals surface area contributed by atoms with E-state index in [4.69, 9.17) is 5.11 Å². The highest BCUT2D eigenvalue weighted by Crippen LogP contribution is 2.19. The van der Waals surface area contributed by atoms with Crippen LogP contribution in [-0.2, 0) is 0 Å². The Kier molecular flexibility index (Phi) is 4.25. The fourth-order valence-electron chi connectivity index (χ4n) is 2.33. The van der Waals surface area contributed by atoms with Crippen LogP contribution in [0.1, 0.15) is 17.3 Å². The van der Waals surface area contributed by atoms with Gasteiger partial charge in [-0.3, -0.25) is 4.79 Å². The maximum Gasteiger partial charge on any atom is 0.257 e. The summed E-state index contributed by atoms with van der Waals surface area (Å²) in [7, 11) is 0. The molecule has 0 radical (unpaired) electrons. The van der Waals surface area contributed by atoms with Gasteiger partial charge in [-0.25, -0.2) is 4.68 Å². The van der Waals surface area contributed by atoms with Gasteiger partial charge in [0.15, 0.2) is 5.82 Å². The van der Waals surface area contributed by atoms with Gasteiger partial charge in [-0.1, -0.05) is 18.2 Å². The van der Waals surface area contributed by atoms with Crippen LogP contribution in [0.5, 0.6) is 0 Å². The van der Waals surface area contributed by atoms with E-state index in [0.29, 0.717) is 11.4 Å². The Morgan fingerprint density at radius 2 is 1.91 bits per heavy atom. The van der Waals surface area contributed by atoms with Crippen molar-refractivity contribution in [3.05, 3.63) is 66.6 Å². The summed E-state index contributed by atoms with van der Waals surface area (Å²) < 4.78 is 3.57. The lowest BCUT2D eigenvalue weighted by atomic mass is 10.2. The Morgan fingerprint density at radius 3 is 2.57 bits per heavy atom. The van der Waals surface area contributed by atoms with Crippen molar-refractivity contribution < 1.29 is 9.90 Å². The zero-order valence-electron chi connectivity index (χ0n) is 12.8. The van der Waals surface area contributed by atoms with Gasteiger partial charge in [0.1, 0.15) is 5.56 Å². The minimum absolute atomic E-state index is 0.114. The van der Waals surface area contributed by atoms with E-state index in [0.717, 1.165) is 5.69 Å². The number of nitrogens with one attached hydrogen (secondary N) is 1.